The van der Waals surface area contributed by atoms with Crippen molar-refractivity contribution in [2.75, 3.05) is 13.2 Å². The van der Waals surface area contributed by atoms with Gasteiger partial charge in [0.2, 0.25) is 0 Å². The van der Waals surface area contributed by atoms with Crippen LogP contribution in [0.25, 0.3) is 0 Å². The van der Waals surface area contributed by atoms with E-state index in [1.165, 1.54) is 0 Å². The van der Waals surface area contributed by atoms with Gasteiger partial charge in [-0.05, 0) is 16.7 Å². The molecule has 36 heavy (non-hydrogen) atoms. The Labute approximate surface area is 210 Å². The van der Waals surface area contributed by atoms with Crippen molar-refractivity contribution in [3.05, 3.63) is 108 Å². The number of ether oxygens (including phenoxy) is 6. The summed E-state index contributed by atoms with van der Waals surface area (Å²) in [5, 5.41) is 0. The highest BCUT2D eigenvalue weighted by Gasteiger charge is 2.53. The second kappa shape index (κ2) is 12.3. The van der Waals surface area contributed by atoms with Gasteiger partial charge in [0, 0.05) is 0 Å². The molecule has 0 aliphatic carbocycles. The highest BCUT2D eigenvalue weighted by Crippen LogP contribution is 2.33. The van der Waals surface area contributed by atoms with Crippen LogP contribution in [0.1, 0.15) is 16.7 Å². The molecule has 7 nitrogen and oxygen atoms in total. The van der Waals surface area contributed by atoms with E-state index in [1.54, 1.807) is 0 Å². The van der Waals surface area contributed by atoms with Crippen LogP contribution in [-0.4, -0.2) is 49.9 Å². The molecule has 2 heterocycles. The minimum absolute atomic E-state index is 0.153. The molecule has 2 aliphatic rings. The Balaban J connectivity index is 1.32. The first-order valence-corrected chi connectivity index (χ1v) is 12.2. The Morgan fingerprint density at radius 1 is 0.778 bits per heavy atom. The van der Waals surface area contributed by atoms with Crippen molar-refractivity contribution in [3.8, 4) is 0 Å². The molecule has 188 valence electrons. The fourth-order valence-corrected chi connectivity index (χ4v) is 4.38. The summed E-state index contributed by atoms with van der Waals surface area (Å²) in [6.07, 6.45) is -3.03. The number of rotatable bonds is 11. The lowest BCUT2D eigenvalue weighted by Gasteiger charge is -2.29. The first-order valence-electron chi connectivity index (χ1n) is 12.2. The molecule has 5 atom stereocenters. The van der Waals surface area contributed by atoms with Gasteiger partial charge in [0.25, 0.3) is 0 Å². The van der Waals surface area contributed by atoms with Gasteiger partial charge in [0.15, 0.2) is 12.4 Å². The van der Waals surface area contributed by atoms with Gasteiger partial charge in [0.1, 0.15) is 24.9 Å². The Morgan fingerprint density at radius 3 is 2.00 bits per heavy atom. The summed E-state index contributed by atoms with van der Waals surface area (Å²) in [5.41, 5.74) is 3.10. The molecular weight excluding hydrogens is 460 g/mol. The molecular formula is C29H30O7. The highest BCUT2D eigenvalue weighted by molar-refractivity contribution is 5.71. The van der Waals surface area contributed by atoms with Gasteiger partial charge in [-0.15, -0.1) is 0 Å². The third-order valence-corrected chi connectivity index (χ3v) is 6.19. The molecule has 7 heteroatoms. The van der Waals surface area contributed by atoms with Gasteiger partial charge in [-0.2, -0.15) is 0 Å². The van der Waals surface area contributed by atoms with E-state index >= 15 is 0 Å². The second-order valence-electron chi connectivity index (χ2n) is 8.83. The third-order valence-electron chi connectivity index (χ3n) is 6.19. The Kier molecular flexibility index (Phi) is 8.38. The molecule has 0 radical (unpaired) electrons. The first kappa shape index (κ1) is 24.6. The van der Waals surface area contributed by atoms with Crippen LogP contribution in [0.15, 0.2) is 91.0 Å². The van der Waals surface area contributed by atoms with Crippen molar-refractivity contribution in [3.63, 3.8) is 0 Å². The normalized spacial score (nSPS) is 24.2. The summed E-state index contributed by atoms with van der Waals surface area (Å²) >= 11 is 0. The van der Waals surface area contributed by atoms with Gasteiger partial charge >= 0.3 is 5.97 Å². The predicted molar refractivity (Wildman–Crippen MR) is 131 cm³/mol. The standard InChI is InChI=1S/C29H30O7/c30-25-20-34-29-28(35-25)27(33-18-23-14-8-3-9-15-23)26(36-29)24(32-17-22-12-6-2-7-13-22)19-31-16-21-10-4-1-5-11-21/h1-15,24,26-29H,16-20H2/t24-,26-,27+,28-,29+/m1/s1. The van der Waals surface area contributed by atoms with Gasteiger partial charge in [-0.25, -0.2) is 4.79 Å². The number of esters is 1. The van der Waals surface area contributed by atoms with Crippen LogP contribution < -0.4 is 0 Å². The maximum Gasteiger partial charge on any atom is 0.332 e. The fourth-order valence-electron chi connectivity index (χ4n) is 4.38. The summed E-state index contributed by atoms with van der Waals surface area (Å²) in [7, 11) is 0. The smallest absolute Gasteiger partial charge is 0.332 e. The molecule has 0 aromatic heterocycles. The van der Waals surface area contributed by atoms with Crippen molar-refractivity contribution in [2.45, 2.75) is 50.5 Å². The molecule has 0 saturated carbocycles. The predicted octanol–water partition coefficient (Wildman–Crippen LogP) is 4.04. The number of hydrogen-bond acceptors (Lipinski definition) is 7. The SMILES string of the molecule is O=C1CO[C@H]2O[C@H]([C@@H](COCc3ccccc3)OCc3ccccc3)[C@H](OCc3ccccc3)[C@H]2O1. The molecule has 2 saturated heterocycles. The topological polar surface area (TPSA) is 72.5 Å². The number of hydrogen-bond donors (Lipinski definition) is 0. The van der Waals surface area contributed by atoms with Crippen molar-refractivity contribution >= 4 is 5.97 Å². The Morgan fingerprint density at radius 2 is 1.36 bits per heavy atom. The minimum Gasteiger partial charge on any atom is -0.452 e. The van der Waals surface area contributed by atoms with Crippen LogP contribution in [0.5, 0.6) is 0 Å². The van der Waals surface area contributed by atoms with Crippen molar-refractivity contribution < 1.29 is 33.2 Å². The molecule has 0 amide bonds. The monoisotopic (exact) mass is 490 g/mol. The van der Waals surface area contributed by atoms with Crippen LogP contribution in [0, 0.1) is 0 Å². The molecule has 5 rings (SSSR count). The lowest BCUT2D eigenvalue weighted by Crippen LogP contribution is -2.47. The zero-order valence-corrected chi connectivity index (χ0v) is 19.9. The summed E-state index contributed by atoms with van der Waals surface area (Å²) in [5.74, 6) is -0.434. The lowest BCUT2D eigenvalue weighted by atomic mass is 10.0. The molecule has 2 fully saturated rings. The lowest BCUT2D eigenvalue weighted by molar-refractivity contribution is -0.227. The second-order valence-corrected chi connectivity index (χ2v) is 8.83. The summed E-state index contributed by atoms with van der Waals surface area (Å²) in [4.78, 5) is 12.0. The number of benzene rings is 3. The molecule has 0 N–H and O–H groups in total. The Bertz CT molecular complexity index is 1080. The average Bonchev–Trinajstić information content (AvgIpc) is 3.28. The molecule has 0 unspecified atom stereocenters. The molecule has 3 aromatic carbocycles. The van der Waals surface area contributed by atoms with E-state index in [1.807, 2.05) is 91.0 Å². The van der Waals surface area contributed by atoms with Crippen LogP contribution in [0.2, 0.25) is 0 Å². The van der Waals surface area contributed by atoms with Gasteiger partial charge < -0.3 is 28.4 Å². The largest absolute Gasteiger partial charge is 0.452 e. The maximum absolute atomic E-state index is 12.0. The van der Waals surface area contributed by atoms with Gasteiger partial charge in [0.05, 0.1) is 26.4 Å². The van der Waals surface area contributed by atoms with Crippen LogP contribution in [0.4, 0.5) is 0 Å². The number of fused-ring (bicyclic) bond motifs is 1. The van der Waals surface area contributed by atoms with E-state index in [-0.39, 0.29) is 13.2 Å². The number of carbonyl (C=O) groups excluding carboxylic acids is 1. The van der Waals surface area contributed by atoms with E-state index in [0.717, 1.165) is 16.7 Å². The van der Waals surface area contributed by atoms with Gasteiger partial charge in [-0.1, -0.05) is 91.0 Å². The fraction of sp³-hybridized carbons (Fsp3) is 0.345. The average molecular weight is 491 g/mol. The Hall–Kier alpha value is -3.07. The quantitative estimate of drug-likeness (QED) is 0.376. The van der Waals surface area contributed by atoms with E-state index in [2.05, 4.69) is 0 Å². The van der Waals surface area contributed by atoms with Crippen LogP contribution in [0.3, 0.4) is 0 Å². The summed E-state index contributed by atoms with van der Waals surface area (Å²) < 4.78 is 36.2. The zero-order chi connectivity index (χ0) is 24.6. The maximum atomic E-state index is 12.0. The highest BCUT2D eigenvalue weighted by atomic mass is 16.8. The van der Waals surface area contributed by atoms with E-state index < -0.39 is 36.7 Å². The summed E-state index contributed by atoms with van der Waals surface area (Å²) in [6, 6.07) is 29.7. The van der Waals surface area contributed by atoms with Crippen LogP contribution in [-0.2, 0) is 53.0 Å². The van der Waals surface area contributed by atoms with E-state index in [0.29, 0.717) is 19.8 Å². The molecule has 2 aliphatic heterocycles. The van der Waals surface area contributed by atoms with Gasteiger partial charge in [-0.3, -0.25) is 0 Å². The van der Waals surface area contributed by atoms with Crippen molar-refractivity contribution in [2.24, 2.45) is 0 Å². The third kappa shape index (κ3) is 6.37. The first-order chi connectivity index (χ1) is 17.8. The number of carbonyl (C=O) groups is 1. The van der Waals surface area contributed by atoms with E-state index in [4.69, 9.17) is 28.4 Å². The van der Waals surface area contributed by atoms with Crippen molar-refractivity contribution in [1.82, 2.24) is 0 Å². The molecule has 0 bridgehead atoms. The van der Waals surface area contributed by atoms with E-state index in [9.17, 15) is 4.79 Å². The zero-order valence-electron chi connectivity index (χ0n) is 19.9. The van der Waals surface area contributed by atoms with Crippen LogP contribution >= 0.6 is 0 Å². The summed E-state index contributed by atoms with van der Waals surface area (Å²) in [6.45, 7) is 1.26. The van der Waals surface area contributed by atoms with Crippen molar-refractivity contribution in [1.29, 1.82) is 0 Å². The molecule has 3 aromatic rings. The molecule has 0 spiro atoms. The minimum atomic E-state index is -0.717.